The largest absolute Gasteiger partial charge is 0.485 e. The fourth-order valence-electron chi connectivity index (χ4n) is 1.98. The van der Waals surface area contributed by atoms with Crippen molar-refractivity contribution in [3.63, 3.8) is 0 Å². The van der Waals surface area contributed by atoms with E-state index in [1.807, 2.05) is 32.1 Å². The number of hydrogen-bond acceptors (Lipinski definition) is 2. The lowest BCUT2D eigenvalue weighted by molar-refractivity contribution is 0.157. The summed E-state index contributed by atoms with van der Waals surface area (Å²) in [6, 6.07) is 0. The van der Waals surface area contributed by atoms with Crippen LogP contribution in [0.2, 0.25) is 0 Å². The van der Waals surface area contributed by atoms with Crippen LogP contribution < -0.4 is 5.32 Å². The standard InChI is InChI=1S/C15H23ClN2O/c1-5-12-9-7-8-10-13(16)14(12)19-11(3)15(17-4)18-6-2/h7-12H,5-6H2,1-4H3,(H,17,18). The number of ether oxygens (including phenoxy) is 1. The minimum absolute atomic E-state index is 0.136. The maximum absolute atomic E-state index is 6.30. The van der Waals surface area contributed by atoms with Gasteiger partial charge in [0.15, 0.2) is 6.10 Å². The lowest BCUT2D eigenvalue weighted by Gasteiger charge is -2.23. The summed E-state index contributed by atoms with van der Waals surface area (Å²) in [6.45, 7) is 6.96. The van der Waals surface area contributed by atoms with Gasteiger partial charge in [-0.1, -0.05) is 36.8 Å². The van der Waals surface area contributed by atoms with Gasteiger partial charge in [-0.15, -0.1) is 0 Å². The minimum atomic E-state index is -0.136. The number of likely N-dealkylation sites (N-methyl/N-ethyl adjacent to an activating group) is 1. The van der Waals surface area contributed by atoms with Crippen LogP contribution in [0.3, 0.4) is 0 Å². The molecule has 0 saturated heterocycles. The molecule has 0 saturated carbocycles. The molecule has 0 aliphatic heterocycles. The van der Waals surface area contributed by atoms with Gasteiger partial charge in [0.1, 0.15) is 11.6 Å². The Hall–Kier alpha value is -1.22. The third-order valence-corrected chi connectivity index (χ3v) is 3.31. The first kappa shape index (κ1) is 15.8. The maximum atomic E-state index is 6.30. The van der Waals surface area contributed by atoms with E-state index in [9.17, 15) is 0 Å². The molecule has 2 unspecified atom stereocenters. The zero-order valence-electron chi connectivity index (χ0n) is 12.1. The van der Waals surface area contributed by atoms with Gasteiger partial charge in [0.25, 0.3) is 0 Å². The van der Waals surface area contributed by atoms with Crippen LogP contribution in [0.1, 0.15) is 27.2 Å². The van der Waals surface area contributed by atoms with Crippen molar-refractivity contribution < 1.29 is 4.74 Å². The van der Waals surface area contributed by atoms with Gasteiger partial charge in [0.05, 0.1) is 5.03 Å². The Morgan fingerprint density at radius 3 is 2.79 bits per heavy atom. The average Bonchev–Trinajstić information content (AvgIpc) is 2.58. The Morgan fingerprint density at radius 2 is 2.21 bits per heavy atom. The highest BCUT2D eigenvalue weighted by Gasteiger charge is 2.20. The molecule has 1 aliphatic carbocycles. The number of aliphatic imine (C=N–C) groups is 1. The monoisotopic (exact) mass is 282 g/mol. The summed E-state index contributed by atoms with van der Waals surface area (Å²) in [5.74, 6) is 1.87. The van der Waals surface area contributed by atoms with Crippen molar-refractivity contribution >= 4 is 17.4 Å². The van der Waals surface area contributed by atoms with Gasteiger partial charge in [-0.05, 0) is 26.3 Å². The third kappa shape index (κ3) is 4.43. The lowest BCUT2D eigenvalue weighted by atomic mass is 10.0. The van der Waals surface area contributed by atoms with Crippen LogP contribution in [0.15, 0.2) is 40.1 Å². The molecule has 0 heterocycles. The van der Waals surface area contributed by atoms with Crippen LogP contribution in [0, 0.1) is 5.92 Å². The molecule has 0 aromatic carbocycles. The second-order valence-electron chi connectivity index (χ2n) is 4.37. The van der Waals surface area contributed by atoms with E-state index in [0.717, 1.165) is 24.6 Å². The minimum Gasteiger partial charge on any atom is -0.485 e. The number of halogens is 1. The molecule has 0 spiro atoms. The van der Waals surface area contributed by atoms with E-state index in [2.05, 4.69) is 23.3 Å². The predicted molar refractivity (Wildman–Crippen MR) is 82.5 cm³/mol. The number of allylic oxidation sites excluding steroid dienone is 5. The van der Waals surface area contributed by atoms with E-state index in [1.165, 1.54) is 0 Å². The van der Waals surface area contributed by atoms with Crippen molar-refractivity contribution in [2.45, 2.75) is 33.3 Å². The van der Waals surface area contributed by atoms with Crippen LogP contribution >= 0.6 is 11.6 Å². The fraction of sp³-hybridized carbons (Fsp3) is 0.533. The Balaban J connectivity index is 2.88. The molecule has 0 radical (unpaired) electrons. The highest BCUT2D eigenvalue weighted by molar-refractivity contribution is 6.31. The Bertz CT molecular complexity index is 410. The smallest absolute Gasteiger partial charge is 0.152 e. The van der Waals surface area contributed by atoms with Crippen molar-refractivity contribution in [1.82, 2.24) is 5.32 Å². The van der Waals surface area contributed by atoms with E-state index in [-0.39, 0.29) is 12.0 Å². The summed E-state index contributed by atoms with van der Waals surface area (Å²) in [4.78, 5) is 4.22. The average molecular weight is 283 g/mol. The van der Waals surface area contributed by atoms with Crippen LogP contribution in [0.25, 0.3) is 0 Å². The lowest BCUT2D eigenvalue weighted by Crippen LogP contribution is -2.35. The summed E-state index contributed by atoms with van der Waals surface area (Å²) in [5.41, 5.74) is 0. The highest BCUT2D eigenvalue weighted by atomic mass is 35.5. The summed E-state index contributed by atoms with van der Waals surface area (Å²) >= 11 is 6.30. The van der Waals surface area contributed by atoms with Crippen LogP contribution in [-0.2, 0) is 4.74 Å². The van der Waals surface area contributed by atoms with Crippen molar-refractivity contribution in [2.24, 2.45) is 10.9 Å². The summed E-state index contributed by atoms with van der Waals surface area (Å²) in [5, 5.41) is 3.87. The second kappa shape index (κ2) is 8.05. The Morgan fingerprint density at radius 1 is 1.47 bits per heavy atom. The number of rotatable bonds is 5. The van der Waals surface area contributed by atoms with Gasteiger partial charge >= 0.3 is 0 Å². The molecule has 0 amide bonds. The van der Waals surface area contributed by atoms with Crippen molar-refractivity contribution in [2.75, 3.05) is 13.6 Å². The highest BCUT2D eigenvalue weighted by Crippen LogP contribution is 2.28. The summed E-state index contributed by atoms with van der Waals surface area (Å²) < 4.78 is 6.04. The molecule has 2 atom stereocenters. The first-order valence-corrected chi connectivity index (χ1v) is 7.13. The van der Waals surface area contributed by atoms with Crippen LogP contribution in [0.4, 0.5) is 0 Å². The predicted octanol–water partition coefficient (Wildman–Crippen LogP) is 3.63. The molecule has 0 fully saturated rings. The topological polar surface area (TPSA) is 33.6 Å². The fourth-order valence-corrected chi connectivity index (χ4v) is 2.24. The molecule has 1 aliphatic rings. The van der Waals surface area contributed by atoms with Gasteiger partial charge in [-0.2, -0.15) is 0 Å². The Labute approximate surface area is 121 Å². The zero-order valence-corrected chi connectivity index (χ0v) is 12.9. The molecule has 1 N–H and O–H groups in total. The molecule has 4 heteroatoms. The molecule has 0 aromatic heterocycles. The molecule has 0 aromatic rings. The van der Waals surface area contributed by atoms with Gasteiger partial charge < -0.3 is 10.1 Å². The first-order chi connectivity index (χ1) is 9.13. The molecule has 19 heavy (non-hydrogen) atoms. The molecule has 0 bridgehead atoms. The molecule has 106 valence electrons. The van der Waals surface area contributed by atoms with E-state index in [1.54, 1.807) is 7.05 Å². The normalized spacial score (nSPS) is 21.3. The van der Waals surface area contributed by atoms with Crippen molar-refractivity contribution in [3.05, 3.63) is 35.1 Å². The maximum Gasteiger partial charge on any atom is 0.152 e. The SMILES string of the molecule is CCNC(=NC)C(C)OC1=C(Cl)C=CC=CC1CC. The molecular formula is C15H23ClN2O. The molecular weight excluding hydrogens is 260 g/mol. The zero-order chi connectivity index (χ0) is 14.3. The Kier molecular flexibility index (Phi) is 6.71. The van der Waals surface area contributed by atoms with E-state index >= 15 is 0 Å². The number of nitrogens with zero attached hydrogens (tertiary/aromatic N) is 1. The summed E-state index contributed by atoms with van der Waals surface area (Å²) in [6.07, 6.45) is 8.75. The van der Waals surface area contributed by atoms with Crippen molar-refractivity contribution in [3.8, 4) is 0 Å². The molecule has 3 nitrogen and oxygen atoms in total. The number of nitrogens with one attached hydrogen (secondary N) is 1. The van der Waals surface area contributed by atoms with Crippen molar-refractivity contribution in [1.29, 1.82) is 0 Å². The first-order valence-electron chi connectivity index (χ1n) is 6.75. The van der Waals surface area contributed by atoms with Crippen LogP contribution in [0.5, 0.6) is 0 Å². The van der Waals surface area contributed by atoms with Gasteiger partial charge in [-0.3, -0.25) is 4.99 Å². The van der Waals surface area contributed by atoms with Crippen LogP contribution in [-0.4, -0.2) is 25.5 Å². The van der Waals surface area contributed by atoms with E-state index in [0.29, 0.717) is 5.03 Å². The number of amidine groups is 1. The van der Waals surface area contributed by atoms with E-state index in [4.69, 9.17) is 16.3 Å². The summed E-state index contributed by atoms with van der Waals surface area (Å²) in [7, 11) is 1.76. The van der Waals surface area contributed by atoms with E-state index < -0.39 is 0 Å². The second-order valence-corrected chi connectivity index (χ2v) is 4.78. The van der Waals surface area contributed by atoms with Gasteiger partial charge in [-0.25, -0.2) is 0 Å². The molecule has 1 rings (SSSR count). The third-order valence-electron chi connectivity index (χ3n) is 3.00. The number of hydrogen-bond donors (Lipinski definition) is 1. The van der Waals surface area contributed by atoms with Gasteiger partial charge in [0.2, 0.25) is 0 Å². The van der Waals surface area contributed by atoms with Gasteiger partial charge in [0, 0.05) is 19.5 Å². The quantitative estimate of drug-likeness (QED) is 0.617.